The van der Waals surface area contributed by atoms with E-state index in [0.717, 1.165) is 5.56 Å². The molecule has 0 saturated carbocycles. The normalized spacial score (nSPS) is 13.8. The molecule has 0 saturated heterocycles. The Kier molecular flexibility index (Phi) is 5.52. The number of benzene rings is 1. The molecule has 0 bridgehead atoms. The first-order chi connectivity index (χ1) is 8.02. The Hall–Kier alpha value is -0.990. The zero-order valence-electron chi connectivity index (χ0n) is 8.75. The Morgan fingerprint density at radius 1 is 1.18 bits per heavy atom. The zero-order chi connectivity index (χ0) is 12.8. The van der Waals surface area contributed by atoms with Crippen molar-refractivity contribution in [3.05, 3.63) is 35.9 Å². The molecule has 0 radical (unpaired) electrons. The molecule has 0 amide bonds. The zero-order valence-corrected chi connectivity index (χ0v) is 10.9. The molecule has 6 heteroatoms. The van der Waals surface area contributed by atoms with Crippen molar-refractivity contribution >= 4 is 32.4 Å². The van der Waals surface area contributed by atoms with Crippen LogP contribution in [0.1, 0.15) is 5.56 Å². The van der Waals surface area contributed by atoms with Crippen LogP contribution in [0.3, 0.4) is 0 Å². The molecular formula is C11H11IO5. The van der Waals surface area contributed by atoms with Gasteiger partial charge in [0.15, 0.2) is 12.2 Å². The van der Waals surface area contributed by atoms with Crippen molar-refractivity contribution in [3.8, 4) is 0 Å². The molecule has 0 fully saturated rings. The lowest BCUT2D eigenvalue weighted by Gasteiger charge is -2.13. The van der Waals surface area contributed by atoms with Crippen molar-refractivity contribution in [3.63, 3.8) is 0 Å². The van der Waals surface area contributed by atoms with E-state index in [-0.39, 0.29) is 6.61 Å². The first-order valence-corrected chi connectivity index (χ1v) is 5.86. The van der Waals surface area contributed by atoms with Gasteiger partial charge in [0.2, 0.25) is 3.79 Å². The van der Waals surface area contributed by atoms with Gasteiger partial charge in [-0.15, -0.1) is 0 Å². The molecule has 2 N–H and O–H groups in total. The molecule has 1 aromatic rings. The van der Waals surface area contributed by atoms with Crippen molar-refractivity contribution in [1.82, 2.24) is 0 Å². The smallest absolute Gasteiger partial charge is 0.338 e. The highest BCUT2D eigenvalue weighted by molar-refractivity contribution is 14.1. The van der Waals surface area contributed by atoms with Crippen LogP contribution in [0.4, 0.5) is 0 Å². The number of rotatable bonds is 5. The summed E-state index contributed by atoms with van der Waals surface area (Å²) < 4.78 is 4.04. The number of esters is 1. The molecule has 92 valence electrons. The summed E-state index contributed by atoms with van der Waals surface area (Å²) in [6, 6.07) is 8.88. The molecule has 1 aromatic carbocycles. The van der Waals surface area contributed by atoms with Crippen molar-refractivity contribution < 1.29 is 24.5 Å². The summed E-state index contributed by atoms with van der Waals surface area (Å²) in [4.78, 5) is 22.0. The molecule has 5 nitrogen and oxygen atoms in total. The number of aliphatic hydroxyl groups is 2. The Morgan fingerprint density at radius 2 is 1.76 bits per heavy atom. The second-order valence-electron chi connectivity index (χ2n) is 3.29. The molecule has 2 unspecified atom stereocenters. The lowest BCUT2D eigenvalue weighted by atomic mass is 10.2. The Balaban J connectivity index is 2.47. The minimum Gasteiger partial charge on any atom is -0.459 e. The average molecular weight is 350 g/mol. The summed E-state index contributed by atoms with van der Waals surface area (Å²) in [6.45, 7) is -0.0150. The number of aliphatic hydroxyl groups excluding tert-OH is 2. The number of carbonyl (C=O) groups excluding carboxylic acids is 2. The molecule has 0 heterocycles. The summed E-state index contributed by atoms with van der Waals surface area (Å²) in [6.07, 6.45) is -3.60. The van der Waals surface area contributed by atoms with Crippen LogP contribution in [-0.4, -0.2) is 32.2 Å². The molecule has 1 rings (SSSR count). The van der Waals surface area contributed by atoms with Gasteiger partial charge in [0, 0.05) is 22.6 Å². The maximum Gasteiger partial charge on any atom is 0.338 e. The van der Waals surface area contributed by atoms with Gasteiger partial charge in [-0.2, -0.15) is 0 Å². The van der Waals surface area contributed by atoms with E-state index in [1.54, 1.807) is 24.3 Å². The highest BCUT2D eigenvalue weighted by Gasteiger charge is 2.29. The van der Waals surface area contributed by atoms with Crippen LogP contribution in [-0.2, 0) is 20.9 Å². The van der Waals surface area contributed by atoms with Crippen LogP contribution >= 0.6 is 22.6 Å². The largest absolute Gasteiger partial charge is 0.459 e. The van der Waals surface area contributed by atoms with Gasteiger partial charge in [-0.05, 0) is 5.56 Å². The van der Waals surface area contributed by atoms with Gasteiger partial charge >= 0.3 is 5.97 Å². The average Bonchev–Trinajstić information content (AvgIpc) is 2.35. The van der Waals surface area contributed by atoms with Crippen LogP contribution in [0.15, 0.2) is 30.3 Å². The molecule has 0 aromatic heterocycles. The van der Waals surface area contributed by atoms with Crippen molar-refractivity contribution in [2.75, 3.05) is 0 Å². The second kappa shape index (κ2) is 6.67. The number of hydrogen-bond donors (Lipinski definition) is 2. The summed E-state index contributed by atoms with van der Waals surface area (Å²) in [5.41, 5.74) is 0.753. The van der Waals surface area contributed by atoms with Crippen LogP contribution in [0, 0.1) is 0 Å². The van der Waals surface area contributed by atoms with Gasteiger partial charge < -0.3 is 14.9 Å². The lowest BCUT2D eigenvalue weighted by Crippen LogP contribution is -2.38. The number of halogens is 1. The van der Waals surface area contributed by atoms with Crippen molar-refractivity contribution in [1.29, 1.82) is 0 Å². The highest BCUT2D eigenvalue weighted by atomic mass is 127. The molecule has 0 aliphatic heterocycles. The van der Waals surface area contributed by atoms with E-state index >= 15 is 0 Å². The number of ether oxygens (including phenoxy) is 1. The van der Waals surface area contributed by atoms with Gasteiger partial charge in [-0.1, -0.05) is 30.3 Å². The summed E-state index contributed by atoms with van der Waals surface area (Å²) in [5, 5.41) is 18.4. The first kappa shape index (κ1) is 14.1. The van der Waals surface area contributed by atoms with Gasteiger partial charge in [-0.25, -0.2) is 4.79 Å². The topological polar surface area (TPSA) is 83.8 Å². The molecule has 17 heavy (non-hydrogen) atoms. The SMILES string of the molecule is O=C(I)C(O)C(O)C(=O)OCc1ccccc1. The predicted molar refractivity (Wildman–Crippen MR) is 67.3 cm³/mol. The summed E-state index contributed by atoms with van der Waals surface area (Å²) in [7, 11) is 0. The molecular weight excluding hydrogens is 339 g/mol. The summed E-state index contributed by atoms with van der Waals surface area (Å²) in [5.74, 6) is -1.02. The van der Waals surface area contributed by atoms with E-state index in [1.165, 1.54) is 22.6 Å². The standard InChI is InChI=1S/C11H11IO5/c12-10(15)8(13)9(14)11(16)17-6-7-4-2-1-3-5-7/h1-5,8-9,13-14H,6H2. The predicted octanol–water partition coefficient (Wildman–Crippen LogP) is 0.413. The quantitative estimate of drug-likeness (QED) is 0.457. The minimum absolute atomic E-state index is 0.0150. The Morgan fingerprint density at radius 3 is 2.29 bits per heavy atom. The summed E-state index contributed by atoms with van der Waals surface area (Å²) >= 11 is 1.30. The van der Waals surface area contributed by atoms with Crippen LogP contribution in [0.5, 0.6) is 0 Å². The lowest BCUT2D eigenvalue weighted by molar-refractivity contribution is -0.162. The molecule has 0 aliphatic carbocycles. The fourth-order valence-electron chi connectivity index (χ4n) is 1.07. The number of carbonyl (C=O) groups is 2. The fourth-order valence-corrected chi connectivity index (χ4v) is 1.41. The Bertz CT molecular complexity index is 392. The molecule has 2 atom stereocenters. The van der Waals surface area contributed by atoms with Crippen LogP contribution in [0.25, 0.3) is 0 Å². The van der Waals surface area contributed by atoms with Crippen molar-refractivity contribution in [2.24, 2.45) is 0 Å². The van der Waals surface area contributed by atoms with E-state index in [9.17, 15) is 14.7 Å². The third kappa shape index (κ3) is 4.41. The van der Waals surface area contributed by atoms with Gasteiger partial charge in [-0.3, -0.25) is 4.79 Å². The maximum atomic E-state index is 11.3. The van der Waals surface area contributed by atoms with E-state index < -0.39 is 22.0 Å². The highest BCUT2D eigenvalue weighted by Crippen LogP contribution is 2.06. The molecule has 0 spiro atoms. The fraction of sp³-hybridized carbons (Fsp3) is 0.273. The van der Waals surface area contributed by atoms with Gasteiger partial charge in [0.25, 0.3) is 0 Å². The number of hydrogen-bond acceptors (Lipinski definition) is 5. The van der Waals surface area contributed by atoms with Gasteiger partial charge in [0.1, 0.15) is 6.61 Å². The van der Waals surface area contributed by atoms with Crippen molar-refractivity contribution in [2.45, 2.75) is 18.8 Å². The minimum atomic E-state index is -1.84. The molecule has 0 aliphatic rings. The first-order valence-electron chi connectivity index (χ1n) is 4.78. The van der Waals surface area contributed by atoms with E-state index in [0.29, 0.717) is 0 Å². The van der Waals surface area contributed by atoms with Crippen LogP contribution < -0.4 is 0 Å². The van der Waals surface area contributed by atoms with E-state index in [4.69, 9.17) is 9.84 Å². The maximum absolute atomic E-state index is 11.3. The second-order valence-corrected chi connectivity index (χ2v) is 4.35. The van der Waals surface area contributed by atoms with Gasteiger partial charge in [0.05, 0.1) is 0 Å². The Labute approximate surface area is 112 Å². The van der Waals surface area contributed by atoms with E-state index in [2.05, 4.69) is 0 Å². The van der Waals surface area contributed by atoms with E-state index in [1.807, 2.05) is 6.07 Å². The monoisotopic (exact) mass is 350 g/mol. The third-order valence-corrected chi connectivity index (χ3v) is 2.64. The van der Waals surface area contributed by atoms with Crippen LogP contribution in [0.2, 0.25) is 0 Å². The third-order valence-electron chi connectivity index (χ3n) is 2.00.